The molecule has 1 fully saturated rings. The summed E-state index contributed by atoms with van der Waals surface area (Å²) in [5, 5.41) is 13.9. The molecule has 1 aliphatic rings. The SMILES string of the molecule is Cn1nc(-c2cc(C(F)(F)F)c(F)c(O)c2F)c2cnc(N3CCC(c4ccccc4)CC3)nc21. The van der Waals surface area contributed by atoms with Crippen molar-refractivity contribution >= 4 is 17.0 Å². The molecule has 6 nitrogen and oxygen atoms in total. The second-order valence-electron chi connectivity index (χ2n) is 8.50. The van der Waals surface area contributed by atoms with Gasteiger partial charge in [-0.1, -0.05) is 30.3 Å². The summed E-state index contributed by atoms with van der Waals surface area (Å²) in [6, 6.07) is 10.5. The van der Waals surface area contributed by atoms with E-state index < -0.39 is 34.7 Å². The lowest BCUT2D eigenvalue weighted by Gasteiger charge is -2.32. The molecular formula is C24H20F5N5O. The van der Waals surface area contributed by atoms with E-state index in [1.807, 2.05) is 23.1 Å². The number of nitrogens with zero attached hydrogens (tertiary/aromatic N) is 5. The first-order valence-corrected chi connectivity index (χ1v) is 10.9. The molecular weight excluding hydrogens is 469 g/mol. The van der Waals surface area contributed by atoms with Crippen LogP contribution in [0.4, 0.5) is 27.9 Å². The predicted molar refractivity (Wildman–Crippen MR) is 119 cm³/mol. The Balaban J connectivity index is 1.48. The van der Waals surface area contributed by atoms with Gasteiger partial charge >= 0.3 is 6.18 Å². The second-order valence-corrected chi connectivity index (χ2v) is 8.50. The Morgan fingerprint density at radius 3 is 2.37 bits per heavy atom. The molecule has 182 valence electrons. The van der Waals surface area contributed by atoms with Gasteiger partial charge in [-0.25, -0.2) is 18.4 Å². The number of benzene rings is 2. The Hall–Kier alpha value is -3.76. The van der Waals surface area contributed by atoms with Crippen LogP contribution < -0.4 is 4.90 Å². The summed E-state index contributed by atoms with van der Waals surface area (Å²) in [6.07, 6.45) is -1.97. The van der Waals surface area contributed by atoms with Gasteiger partial charge in [-0.15, -0.1) is 0 Å². The van der Waals surface area contributed by atoms with Crippen molar-refractivity contribution in [1.29, 1.82) is 0 Å². The molecule has 1 aliphatic heterocycles. The molecule has 0 unspecified atom stereocenters. The van der Waals surface area contributed by atoms with E-state index in [1.165, 1.54) is 23.5 Å². The van der Waals surface area contributed by atoms with Gasteiger partial charge in [-0.2, -0.15) is 23.3 Å². The minimum Gasteiger partial charge on any atom is -0.503 e. The first-order chi connectivity index (χ1) is 16.6. The highest BCUT2D eigenvalue weighted by Crippen LogP contribution is 2.41. The largest absolute Gasteiger partial charge is 0.503 e. The highest BCUT2D eigenvalue weighted by Gasteiger charge is 2.38. The van der Waals surface area contributed by atoms with Crippen molar-refractivity contribution in [3.63, 3.8) is 0 Å². The van der Waals surface area contributed by atoms with Crippen LogP contribution in [0.2, 0.25) is 0 Å². The number of fused-ring (bicyclic) bond motifs is 1. The van der Waals surface area contributed by atoms with Gasteiger partial charge < -0.3 is 10.0 Å². The lowest BCUT2D eigenvalue weighted by molar-refractivity contribution is -0.140. The maximum Gasteiger partial charge on any atom is 0.419 e. The Morgan fingerprint density at radius 1 is 1.03 bits per heavy atom. The molecule has 35 heavy (non-hydrogen) atoms. The number of rotatable bonds is 3. The summed E-state index contributed by atoms with van der Waals surface area (Å²) in [6.45, 7) is 1.43. The zero-order valence-electron chi connectivity index (χ0n) is 18.5. The minimum absolute atomic E-state index is 0.174. The number of phenolic OH excluding ortho intramolecular Hbond substituents is 1. The molecule has 0 bridgehead atoms. The van der Waals surface area contributed by atoms with E-state index in [-0.39, 0.29) is 16.7 Å². The van der Waals surface area contributed by atoms with E-state index in [4.69, 9.17) is 0 Å². The number of aromatic nitrogens is 4. The quantitative estimate of drug-likeness (QED) is 0.390. The van der Waals surface area contributed by atoms with Crippen molar-refractivity contribution in [3.8, 4) is 17.0 Å². The predicted octanol–water partition coefficient (Wildman–Crippen LogP) is 5.42. The molecule has 11 heteroatoms. The molecule has 4 aromatic rings. The number of hydrogen-bond acceptors (Lipinski definition) is 5. The van der Waals surface area contributed by atoms with Gasteiger partial charge in [0.1, 0.15) is 5.69 Å². The van der Waals surface area contributed by atoms with Crippen LogP contribution in [0.3, 0.4) is 0 Å². The maximum absolute atomic E-state index is 14.6. The summed E-state index contributed by atoms with van der Waals surface area (Å²) in [7, 11) is 1.51. The van der Waals surface area contributed by atoms with E-state index in [0.717, 1.165) is 12.8 Å². The van der Waals surface area contributed by atoms with Gasteiger partial charge in [0.15, 0.2) is 23.0 Å². The molecule has 2 aromatic heterocycles. The Labute approximate surface area is 196 Å². The fourth-order valence-corrected chi connectivity index (χ4v) is 4.52. The molecule has 5 rings (SSSR count). The highest BCUT2D eigenvalue weighted by atomic mass is 19.4. The van der Waals surface area contributed by atoms with Crippen LogP contribution in [0, 0.1) is 11.6 Å². The van der Waals surface area contributed by atoms with Crippen molar-refractivity contribution in [3.05, 3.63) is 65.4 Å². The molecule has 3 heterocycles. The summed E-state index contributed by atoms with van der Waals surface area (Å²) >= 11 is 0. The second kappa shape index (κ2) is 8.47. The average Bonchev–Trinajstić information content (AvgIpc) is 3.18. The van der Waals surface area contributed by atoms with Crippen molar-refractivity contribution in [2.24, 2.45) is 7.05 Å². The topological polar surface area (TPSA) is 67.1 Å². The summed E-state index contributed by atoms with van der Waals surface area (Å²) < 4.78 is 69.6. The lowest BCUT2D eigenvalue weighted by Crippen LogP contribution is -2.34. The summed E-state index contributed by atoms with van der Waals surface area (Å²) in [5.74, 6) is -4.47. The summed E-state index contributed by atoms with van der Waals surface area (Å²) in [5.41, 5.74) is -1.16. The number of aryl methyl sites for hydroxylation is 1. The third-order valence-electron chi connectivity index (χ3n) is 6.35. The van der Waals surface area contributed by atoms with E-state index in [2.05, 4.69) is 27.2 Å². The fraction of sp³-hybridized carbons (Fsp3) is 0.292. The Morgan fingerprint density at radius 2 is 1.71 bits per heavy atom. The normalized spacial score (nSPS) is 15.2. The van der Waals surface area contributed by atoms with Crippen LogP contribution in [0.1, 0.15) is 29.9 Å². The van der Waals surface area contributed by atoms with Gasteiger partial charge in [0, 0.05) is 31.9 Å². The fourth-order valence-electron chi connectivity index (χ4n) is 4.52. The van der Waals surface area contributed by atoms with Crippen molar-refractivity contribution < 1.29 is 27.1 Å². The number of aromatic hydroxyl groups is 1. The smallest absolute Gasteiger partial charge is 0.419 e. The summed E-state index contributed by atoms with van der Waals surface area (Å²) in [4.78, 5) is 10.9. The van der Waals surface area contributed by atoms with E-state index >= 15 is 0 Å². The molecule has 0 spiro atoms. The van der Waals surface area contributed by atoms with E-state index in [0.29, 0.717) is 31.0 Å². The number of alkyl halides is 3. The zero-order chi connectivity index (χ0) is 24.9. The van der Waals surface area contributed by atoms with Crippen LogP contribution >= 0.6 is 0 Å². The number of halogens is 5. The van der Waals surface area contributed by atoms with Crippen LogP contribution in [-0.2, 0) is 13.2 Å². The first-order valence-electron chi connectivity index (χ1n) is 10.9. The lowest BCUT2D eigenvalue weighted by atomic mass is 9.90. The van der Waals surface area contributed by atoms with Crippen LogP contribution in [0.25, 0.3) is 22.3 Å². The molecule has 0 amide bonds. The number of phenols is 1. The first kappa shape index (κ1) is 23.0. The average molecular weight is 489 g/mol. The molecule has 2 aromatic carbocycles. The third-order valence-corrected chi connectivity index (χ3v) is 6.35. The molecule has 1 N–H and O–H groups in total. The highest BCUT2D eigenvalue weighted by molar-refractivity contribution is 5.91. The van der Waals surface area contributed by atoms with Gasteiger partial charge in [-0.05, 0) is 30.4 Å². The maximum atomic E-state index is 14.6. The third kappa shape index (κ3) is 4.04. The van der Waals surface area contributed by atoms with Crippen LogP contribution in [-0.4, -0.2) is 37.9 Å². The molecule has 0 atom stereocenters. The number of piperidine rings is 1. The molecule has 0 aliphatic carbocycles. The van der Waals surface area contributed by atoms with Gasteiger partial charge in [0.2, 0.25) is 5.95 Å². The van der Waals surface area contributed by atoms with Gasteiger partial charge in [-0.3, -0.25) is 0 Å². The van der Waals surface area contributed by atoms with Gasteiger partial charge in [0.25, 0.3) is 0 Å². The van der Waals surface area contributed by atoms with E-state index in [9.17, 15) is 27.1 Å². The van der Waals surface area contributed by atoms with Crippen LogP contribution in [0.15, 0.2) is 42.6 Å². The minimum atomic E-state index is -5.13. The number of anilines is 1. The van der Waals surface area contributed by atoms with Gasteiger partial charge in [0.05, 0.1) is 10.9 Å². The van der Waals surface area contributed by atoms with E-state index in [1.54, 1.807) is 0 Å². The Bertz CT molecular complexity index is 1400. The standard InChI is InChI=1S/C24H20F5N5O/c1-33-22-16(20(32-33)15-11-17(24(27,28)29)19(26)21(35)18(15)25)12-30-23(31-22)34-9-7-14(8-10-34)13-5-3-2-4-6-13/h2-6,11-12,14,35H,7-10H2,1H3. The molecule has 0 saturated carbocycles. The number of hydrogen-bond donors (Lipinski definition) is 1. The van der Waals surface area contributed by atoms with Crippen LogP contribution in [0.5, 0.6) is 5.75 Å². The molecule has 1 saturated heterocycles. The molecule has 0 radical (unpaired) electrons. The Kier molecular flexibility index (Phi) is 5.57. The van der Waals surface area contributed by atoms with Crippen molar-refractivity contribution in [1.82, 2.24) is 19.7 Å². The zero-order valence-corrected chi connectivity index (χ0v) is 18.5. The van der Waals surface area contributed by atoms with Crippen molar-refractivity contribution in [2.75, 3.05) is 18.0 Å². The monoisotopic (exact) mass is 489 g/mol. The van der Waals surface area contributed by atoms with Crippen molar-refractivity contribution in [2.45, 2.75) is 24.9 Å².